The third kappa shape index (κ3) is 3.19. The Hall–Kier alpha value is -0.840. The maximum absolute atomic E-state index is 13.9. The number of rotatable bonds is 3. The van der Waals surface area contributed by atoms with Crippen molar-refractivity contribution in [1.29, 1.82) is 0 Å². The Balaban J connectivity index is 2.50. The Morgan fingerprint density at radius 1 is 0.947 bits per heavy atom. The highest BCUT2D eigenvalue weighted by molar-refractivity contribution is 6.35. The van der Waals surface area contributed by atoms with Crippen LogP contribution in [0.2, 0.25) is 15.1 Å². The number of nitrogens with two attached hydrogens (primary N) is 1. The van der Waals surface area contributed by atoms with Gasteiger partial charge in [-0.15, -0.1) is 0 Å². The molecule has 2 aromatic rings. The summed E-state index contributed by atoms with van der Waals surface area (Å²) in [6.07, 6.45) is 0. The van der Waals surface area contributed by atoms with Gasteiger partial charge >= 0.3 is 0 Å². The number of benzene rings is 2. The number of nitrogens with one attached hydrogen (secondary N) is 1. The van der Waals surface area contributed by atoms with E-state index in [1.54, 1.807) is 30.3 Å². The summed E-state index contributed by atoms with van der Waals surface area (Å²) in [5.74, 6) is 5.05. The van der Waals surface area contributed by atoms with Crippen molar-refractivity contribution in [2.24, 2.45) is 5.84 Å². The van der Waals surface area contributed by atoms with E-state index in [0.717, 1.165) is 0 Å². The molecule has 0 spiro atoms. The van der Waals surface area contributed by atoms with Gasteiger partial charge in [0.2, 0.25) is 0 Å². The molecule has 0 aliphatic carbocycles. The first kappa shape index (κ1) is 14.6. The predicted molar refractivity (Wildman–Crippen MR) is 77.0 cm³/mol. The minimum Gasteiger partial charge on any atom is -0.271 e. The summed E-state index contributed by atoms with van der Waals surface area (Å²) < 4.78 is 13.9. The van der Waals surface area contributed by atoms with Gasteiger partial charge in [0.1, 0.15) is 5.82 Å². The van der Waals surface area contributed by atoms with Gasteiger partial charge in [0.25, 0.3) is 0 Å². The summed E-state index contributed by atoms with van der Waals surface area (Å²) in [5, 5.41) is 1.23. The van der Waals surface area contributed by atoms with Crippen LogP contribution in [0.25, 0.3) is 0 Å². The van der Waals surface area contributed by atoms with Gasteiger partial charge in [0.15, 0.2) is 0 Å². The molecule has 0 aliphatic rings. The van der Waals surface area contributed by atoms with Gasteiger partial charge in [0, 0.05) is 20.6 Å². The molecular formula is C13H10Cl3FN2. The van der Waals surface area contributed by atoms with Crippen molar-refractivity contribution < 1.29 is 4.39 Å². The molecule has 0 saturated heterocycles. The summed E-state index contributed by atoms with van der Waals surface area (Å²) in [6, 6.07) is 8.75. The fourth-order valence-corrected chi connectivity index (χ4v) is 2.49. The average Bonchev–Trinajstić information content (AvgIpc) is 2.34. The van der Waals surface area contributed by atoms with E-state index >= 15 is 0 Å². The molecular weight excluding hydrogens is 310 g/mol. The van der Waals surface area contributed by atoms with Crippen LogP contribution in [0.3, 0.4) is 0 Å². The number of hydrazine groups is 1. The monoisotopic (exact) mass is 318 g/mol. The average molecular weight is 320 g/mol. The molecule has 100 valence electrons. The fourth-order valence-electron chi connectivity index (χ4n) is 1.82. The molecule has 2 nitrogen and oxygen atoms in total. The Morgan fingerprint density at radius 3 is 2.05 bits per heavy atom. The van der Waals surface area contributed by atoms with E-state index in [2.05, 4.69) is 5.43 Å². The minimum absolute atomic E-state index is 0.319. The highest BCUT2D eigenvalue weighted by Gasteiger charge is 2.19. The lowest BCUT2D eigenvalue weighted by Gasteiger charge is -2.19. The Labute approximate surface area is 125 Å². The molecule has 0 fully saturated rings. The van der Waals surface area contributed by atoms with Gasteiger partial charge in [-0.25, -0.2) is 9.82 Å². The first-order valence-corrected chi connectivity index (χ1v) is 6.52. The van der Waals surface area contributed by atoms with Crippen LogP contribution in [-0.4, -0.2) is 0 Å². The van der Waals surface area contributed by atoms with Crippen LogP contribution in [0, 0.1) is 5.82 Å². The molecule has 1 atom stereocenters. The van der Waals surface area contributed by atoms with Crippen molar-refractivity contribution in [3.63, 3.8) is 0 Å². The molecule has 2 aromatic carbocycles. The van der Waals surface area contributed by atoms with Crippen LogP contribution >= 0.6 is 34.8 Å². The van der Waals surface area contributed by atoms with Gasteiger partial charge in [-0.2, -0.15) is 0 Å². The normalized spacial score (nSPS) is 12.5. The zero-order valence-electron chi connectivity index (χ0n) is 9.63. The van der Waals surface area contributed by atoms with Crippen molar-refractivity contribution >= 4 is 34.8 Å². The van der Waals surface area contributed by atoms with E-state index in [-0.39, 0.29) is 0 Å². The second-order valence-corrected chi connectivity index (χ2v) is 5.21. The fraction of sp³-hybridized carbons (Fsp3) is 0.0769. The highest BCUT2D eigenvalue weighted by atomic mass is 35.5. The smallest absolute Gasteiger partial charge is 0.129 e. The van der Waals surface area contributed by atoms with E-state index < -0.39 is 11.9 Å². The van der Waals surface area contributed by atoms with E-state index in [4.69, 9.17) is 40.6 Å². The summed E-state index contributed by atoms with van der Waals surface area (Å²) >= 11 is 17.7. The molecule has 0 aromatic heterocycles. The lowest BCUT2D eigenvalue weighted by Crippen LogP contribution is -2.29. The highest BCUT2D eigenvalue weighted by Crippen LogP contribution is 2.31. The minimum atomic E-state index is -0.581. The van der Waals surface area contributed by atoms with Crippen LogP contribution in [0.4, 0.5) is 4.39 Å². The lowest BCUT2D eigenvalue weighted by atomic mass is 9.99. The molecule has 1 unspecified atom stereocenters. The maximum Gasteiger partial charge on any atom is 0.129 e. The van der Waals surface area contributed by atoms with Crippen molar-refractivity contribution in [3.05, 3.63) is 68.4 Å². The molecule has 0 heterocycles. The summed E-state index contributed by atoms with van der Waals surface area (Å²) in [6.45, 7) is 0. The summed E-state index contributed by atoms with van der Waals surface area (Å²) in [4.78, 5) is 0. The van der Waals surface area contributed by atoms with E-state index in [9.17, 15) is 4.39 Å². The lowest BCUT2D eigenvalue weighted by molar-refractivity contribution is 0.560. The zero-order chi connectivity index (χ0) is 14.0. The van der Waals surface area contributed by atoms with Crippen LogP contribution in [0.15, 0.2) is 36.4 Å². The van der Waals surface area contributed by atoms with Gasteiger partial charge in [0.05, 0.1) is 6.04 Å². The molecule has 0 aliphatic heterocycles. The first-order valence-electron chi connectivity index (χ1n) is 5.39. The van der Waals surface area contributed by atoms with E-state index in [0.29, 0.717) is 26.2 Å². The standard InChI is InChI=1S/C13H10Cl3FN2/c14-7-1-3-9(11(16)5-7)13(19-18)10-4-2-8(15)6-12(10)17/h1-6,13,19H,18H2. The number of hydrogen-bond acceptors (Lipinski definition) is 2. The van der Waals surface area contributed by atoms with Crippen molar-refractivity contribution in [2.75, 3.05) is 0 Å². The van der Waals surface area contributed by atoms with Crippen molar-refractivity contribution in [1.82, 2.24) is 5.43 Å². The Kier molecular flexibility index (Phi) is 4.66. The second kappa shape index (κ2) is 6.07. The van der Waals surface area contributed by atoms with Gasteiger partial charge in [-0.3, -0.25) is 5.84 Å². The quantitative estimate of drug-likeness (QED) is 0.652. The second-order valence-electron chi connectivity index (χ2n) is 3.93. The van der Waals surface area contributed by atoms with Gasteiger partial charge in [-0.05, 0) is 29.8 Å². The van der Waals surface area contributed by atoms with Crippen LogP contribution < -0.4 is 11.3 Å². The van der Waals surface area contributed by atoms with Crippen LogP contribution in [-0.2, 0) is 0 Å². The van der Waals surface area contributed by atoms with Crippen molar-refractivity contribution in [2.45, 2.75) is 6.04 Å². The maximum atomic E-state index is 13.9. The van der Waals surface area contributed by atoms with E-state index in [1.165, 1.54) is 6.07 Å². The SMILES string of the molecule is NNC(c1ccc(Cl)cc1F)c1ccc(Cl)cc1Cl. The largest absolute Gasteiger partial charge is 0.271 e. The third-order valence-corrected chi connectivity index (χ3v) is 3.51. The number of halogens is 4. The first-order chi connectivity index (χ1) is 9.02. The Bertz CT molecular complexity index is 553. The molecule has 0 amide bonds. The number of hydrogen-bond donors (Lipinski definition) is 2. The summed E-state index contributed by atoms with van der Waals surface area (Å²) in [7, 11) is 0. The third-order valence-electron chi connectivity index (χ3n) is 2.71. The summed E-state index contributed by atoms with van der Waals surface area (Å²) in [5.41, 5.74) is 3.54. The van der Waals surface area contributed by atoms with Gasteiger partial charge < -0.3 is 0 Å². The molecule has 2 rings (SSSR count). The van der Waals surface area contributed by atoms with Crippen LogP contribution in [0.1, 0.15) is 17.2 Å². The predicted octanol–water partition coefficient (Wildman–Crippen LogP) is 4.34. The molecule has 19 heavy (non-hydrogen) atoms. The zero-order valence-corrected chi connectivity index (χ0v) is 11.9. The molecule has 0 radical (unpaired) electrons. The molecule has 3 N–H and O–H groups in total. The van der Waals surface area contributed by atoms with Crippen molar-refractivity contribution in [3.8, 4) is 0 Å². The molecule has 0 bridgehead atoms. The molecule has 0 saturated carbocycles. The van der Waals surface area contributed by atoms with Crippen LogP contribution in [0.5, 0.6) is 0 Å². The van der Waals surface area contributed by atoms with E-state index in [1.807, 2.05) is 0 Å². The molecule has 6 heteroatoms. The van der Waals surface area contributed by atoms with Gasteiger partial charge in [-0.1, -0.05) is 46.9 Å². The topological polar surface area (TPSA) is 38.0 Å². The Morgan fingerprint density at radius 2 is 1.53 bits per heavy atom.